The smallest absolute Gasteiger partial charge is 0.308 e. The molecule has 1 aliphatic rings. The summed E-state index contributed by atoms with van der Waals surface area (Å²) in [7, 11) is 1.43. The molecule has 2 heterocycles. The van der Waals surface area contributed by atoms with Gasteiger partial charge in [-0.05, 0) is 63.5 Å². The summed E-state index contributed by atoms with van der Waals surface area (Å²) >= 11 is 0. The first-order chi connectivity index (χ1) is 15.4. The second kappa shape index (κ2) is 11.9. The van der Waals surface area contributed by atoms with Gasteiger partial charge in [0.05, 0.1) is 19.6 Å². The highest BCUT2D eigenvalue weighted by Gasteiger charge is 2.26. The van der Waals surface area contributed by atoms with Crippen LogP contribution in [0.2, 0.25) is 0 Å². The van der Waals surface area contributed by atoms with Crippen molar-refractivity contribution in [2.45, 2.75) is 45.9 Å². The topological polar surface area (TPSA) is 96.8 Å². The van der Waals surface area contributed by atoms with Crippen LogP contribution in [0, 0.1) is 19.8 Å². The van der Waals surface area contributed by atoms with Crippen LogP contribution in [0.15, 0.2) is 30.3 Å². The van der Waals surface area contributed by atoms with Crippen LogP contribution in [0.1, 0.15) is 35.6 Å². The van der Waals surface area contributed by atoms with Crippen molar-refractivity contribution >= 4 is 5.97 Å². The molecule has 1 aliphatic heterocycles. The predicted molar refractivity (Wildman–Crippen MR) is 121 cm³/mol. The summed E-state index contributed by atoms with van der Waals surface area (Å²) in [4.78, 5) is 22.6. The van der Waals surface area contributed by atoms with Gasteiger partial charge in [0, 0.05) is 24.5 Å². The monoisotopic (exact) mass is 442 g/mol. The van der Waals surface area contributed by atoms with E-state index in [1.165, 1.54) is 7.11 Å². The second-order valence-corrected chi connectivity index (χ2v) is 8.38. The Morgan fingerprint density at radius 2 is 1.81 bits per heavy atom. The van der Waals surface area contributed by atoms with Crippen molar-refractivity contribution in [3.63, 3.8) is 0 Å². The molecule has 174 valence electrons. The van der Waals surface area contributed by atoms with E-state index in [-0.39, 0.29) is 18.5 Å². The van der Waals surface area contributed by atoms with Gasteiger partial charge >= 0.3 is 5.97 Å². The van der Waals surface area contributed by atoms with Gasteiger partial charge in [0.2, 0.25) is 0 Å². The number of hydrogen-bond donors (Lipinski definition) is 2. The zero-order chi connectivity index (χ0) is 22.9. The number of aliphatic hydroxyl groups excluding tert-OH is 1. The van der Waals surface area contributed by atoms with Crippen LogP contribution in [0.4, 0.5) is 0 Å². The molecule has 0 bridgehead atoms. The minimum absolute atomic E-state index is 0.0221. The van der Waals surface area contributed by atoms with E-state index in [4.69, 9.17) is 9.47 Å². The number of hydrogen-bond acceptors (Lipinski definition) is 8. The van der Waals surface area contributed by atoms with Crippen molar-refractivity contribution < 1.29 is 19.4 Å². The average Bonchev–Trinajstić information content (AvgIpc) is 2.78. The molecular formula is C24H34N4O4. The van der Waals surface area contributed by atoms with Crippen LogP contribution >= 0.6 is 0 Å². The van der Waals surface area contributed by atoms with Crippen LogP contribution in [-0.4, -0.2) is 65.4 Å². The molecule has 1 saturated heterocycles. The van der Waals surface area contributed by atoms with Gasteiger partial charge in [-0.15, -0.1) is 0 Å². The second-order valence-electron chi connectivity index (χ2n) is 8.38. The molecular weight excluding hydrogens is 408 g/mol. The van der Waals surface area contributed by atoms with Crippen LogP contribution in [-0.2, 0) is 22.6 Å². The van der Waals surface area contributed by atoms with Crippen molar-refractivity contribution in [2.75, 3.05) is 33.4 Å². The molecule has 0 radical (unpaired) electrons. The van der Waals surface area contributed by atoms with Gasteiger partial charge in [-0.25, -0.2) is 9.97 Å². The minimum atomic E-state index is -0.580. The lowest BCUT2D eigenvalue weighted by molar-refractivity contribution is -0.147. The largest absolute Gasteiger partial charge is 0.491 e. The van der Waals surface area contributed by atoms with Crippen molar-refractivity contribution in [3.05, 3.63) is 53.1 Å². The number of esters is 1. The SMILES string of the molecule is COC(=O)C1CCN(C[C@H](O)COc2ccc(CNCc3nc(C)cc(C)n3)cc2)CC1. The number of carbonyl (C=O) groups is 1. The lowest BCUT2D eigenvalue weighted by Crippen LogP contribution is -2.42. The van der Waals surface area contributed by atoms with Crippen molar-refractivity contribution in [3.8, 4) is 5.75 Å². The number of aromatic nitrogens is 2. The molecule has 0 unspecified atom stereocenters. The summed E-state index contributed by atoms with van der Waals surface area (Å²) in [6.45, 7) is 7.61. The van der Waals surface area contributed by atoms with Gasteiger partial charge in [0.15, 0.2) is 0 Å². The number of nitrogens with one attached hydrogen (secondary N) is 1. The van der Waals surface area contributed by atoms with E-state index in [2.05, 4.69) is 20.2 Å². The van der Waals surface area contributed by atoms with E-state index in [1.54, 1.807) is 0 Å². The summed E-state index contributed by atoms with van der Waals surface area (Å²) in [5, 5.41) is 13.7. The molecule has 8 nitrogen and oxygen atoms in total. The third kappa shape index (κ3) is 7.55. The predicted octanol–water partition coefficient (Wildman–Crippen LogP) is 2.01. The Labute approximate surface area is 190 Å². The minimum Gasteiger partial charge on any atom is -0.491 e. The quantitative estimate of drug-likeness (QED) is 0.540. The van der Waals surface area contributed by atoms with Crippen LogP contribution in [0.25, 0.3) is 0 Å². The molecule has 2 aromatic rings. The number of β-amino-alcohol motifs (C(OH)–C–C–N with tert-alkyl or cyclic N) is 1. The number of aryl methyl sites for hydroxylation is 2. The number of benzene rings is 1. The Morgan fingerprint density at radius 1 is 1.16 bits per heavy atom. The lowest BCUT2D eigenvalue weighted by Gasteiger charge is -2.31. The van der Waals surface area contributed by atoms with Crippen molar-refractivity contribution in [1.82, 2.24) is 20.2 Å². The maximum atomic E-state index is 11.6. The molecule has 32 heavy (non-hydrogen) atoms. The third-order valence-electron chi connectivity index (χ3n) is 5.60. The molecule has 0 amide bonds. The number of carbonyl (C=O) groups excluding carboxylic acids is 1. The summed E-state index contributed by atoms with van der Waals surface area (Å²) in [6.07, 6.45) is 0.959. The number of nitrogens with zero attached hydrogens (tertiary/aromatic N) is 3. The average molecular weight is 443 g/mol. The van der Waals surface area contributed by atoms with Crippen molar-refractivity contribution in [2.24, 2.45) is 5.92 Å². The Balaban J connectivity index is 1.35. The van der Waals surface area contributed by atoms with E-state index >= 15 is 0 Å². The molecule has 3 rings (SSSR count). The molecule has 0 spiro atoms. The van der Waals surface area contributed by atoms with Gasteiger partial charge in [0.1, 0.15) is 24.3 Å². The van der Waals surface area contributed by atoms with Gasteiger partial charge in [0.25, 0.3) is 0 Å². The number of methoxy groups -OCH3 is 1. The highest BCUT2D eigenvalue weighted by molar-refractivity contribution is 5.72. The first kappa shape index (κ1) is 24.1. The van der Waals surface area contributed by atoms with Gasteiger partial charge in [-0.1, -0.05) is 12.1 Å². The van der Waals surface area contributed by atoms with Gasteiger partial charge in [-0.2, -0.15) is 0 Å². The number of aliphatic hydroxyl groups is 1. The molecule has 1 aromatic heterocycles. The molecule has 0 aliphatic carbocycles. The summed E-state index contributed by atoms with van der Waals surface area (Å²) in [5.41, 5.74) is 3.09. The molecule has 2 N–H and O–H groups in total. The number of rotatable bonds is 10. The molecule has 8 heteroatoms. The Bertz CT molecular complexity index is 847. The van der Waals surface area contributed by atoms with E-state index < -0.39 is 6.10 Å². The van der Waals surface area contributed by atoms with Gasteiger partial charge in [-0.3, -0.25) is 4.79 Å². The highest BCUT2D eigenvalue weighted by Crippen LogP contribution is 2.19. The molecule has 1 aromatic carbocycles. The molecule has 1 atom stereocenters. The first-order valence-electron chi connectivity index (χ1n) is 11.1. The normalized spacial score (nSPS) is 16.0. The van der Waals surface area contributed by atoms with Crippen LogP contribution in [0.5, 0.6) is 5.75 Å². The summed E-state index contributed by atoms with van der Waals surface area (Å²) in [6, 6.07) is 9.81. The number of piperidine rings is 1. The van der Waals surface area contributed by atoms with Gasteiger partial charge < -0.3 is 24.8 Å². The fourth-order valence-corrected chi connectivity index (χ4v) is 3.96. The first-order valence-corrected chi connectivity index (χ1v) is 11.1. The third-order valence-corrected chi connectivity index (χ3v) is 5.60. The summed E-state index contributed by atoms with van der Waals surface area (Å²) in [5.74, 6) is 1.37. The van der Waals surface area contributed by atoms with Crippen LogP contribution in [0.3, 0.4) is 0 Å². The standard InChI is InChI=1S/C24H34N4O4/c1-17-12-18(2)27-23(26-17)14-25-13-19-4-6-22(7-5-19)32-16-21(29)15-28-10-8-20(9-11-28)24(30)31-3/h4-7,12,20-21,25,29H,8-11,13-16H2,1-3H3/t21-/m0/s1. The lowest BCUT2D eigenvalue weighted by atomic mass is 9.97. The number of ether oxygens (including phenoxy) is 2. The summed E-state index contributed by atoms with van der Waals surface area (Å²) < 4.78 is 10.6. The fourth-order valence-electron chi connectivity index (χ4n) is 3.96. The fraction of sp³-hybridized carbons (Fsp3) is 0.542. The molecule has 1 fully saturated rings. The van der Waals surface area contributed by atoms with E-state index in [0.29, 0.717) is 19.6 Å². The van der Waals surface area contributed by atoms with E-state index in [9.17, 15) is 9.90 Å². The van der Waals surface area contributed by atoms with Crippen molar-refractivity contribution in [1.29, 1.82) is 0 Å². The molecule has 0 saturated carbocycles. The zero-order valence-electron chi connectivity index (χ0n) is 19.2. The maximum absolute atomic E-state index is 11.6. The Morgan fingerprint density at radius 3 is 2.44 bits per heavy atom. The highest BCUT2D eigenvalue weighted by atomic mass is 16.5. The van der Waals surface area contributed by atoms with E-state index in [0.717, 1.165) is 54.5 Å². The Hall–Kier alpha value is -2.55. The van der Waals surface area contributed by atoms with Crippen LogP contribution < -0.4 is 10.1 Å². The Kier molecular flexibility index (Phi) is 8.96. The number of likely N-dealkylation sites (tertiary alicyclic amines) is 1. The maximum Gasteiger partial charge on any atom is 0.308 e. The zero-order valence-corrected chi connectivity index (χ0v) is 19.2. The van der Waals surface area contributed by atoms with E-state index in [1.807, 2.05) is 44.2 Å².